The number of nitrogens with one attached hydrogen (secondary N) is 1. The average Bonchev–Trinajstić information content (AvgIpc) is 2.75. The molecule has 6 nitrogen and oxygen atoms in total. The predicted octanol–water partition coefficient (Wildman–Crippen LogP) is 1.81. The van der Waals surface area contributed by atoms with Crippen molar-refractivity contribution in [3.63, 3.8) is 0 Å². The number of hydrogen-bond donors (Lipinski definition) is 2. The van der Waals surface area contributed by atoms with E-state index in [0.29, 0.717) is 17.7 Å². The van der Waals surface area contributed by atoms with Crippen LogP contribution in [0, 0.1) is 13.8 Å². The molecule has 0 radical (unpaired) electrons. The lowest BCUT2D eigenvalue weighted by molar-refractivity contribution is -0.117. The molecule has 0 spiro atoms. The molecule has 0 aliphatic heterocycles. The molecule has 1 heterocycles. The second kappa shape index (κ2) is 8.53. The lowest BCUT2D eigenvalue weighted by Crippen LogP contribution is -2.33. The number of rotatable bonds is 7. The van der Waals surface area contributed by atoms with Crippen LogP contribution in [0.2, 0.25) is 0 Å². The highest BCUT2D eigenvalue weighted by atomic mass is 16.5. The van der Waals surface area contributed by atoms with E-state index in [1.807, 2.05) is 25.3 Å². The molecule has 0 saturated carbocycles. The maximum absolute atomic E-state index is 12.2. The van der Waals surface area contributed by atoms with E-state index in [4.69, 9.17) is 9.84 Å². The maximum Gasteiger partial charge on any atom is 0.340 e. The summed E-state index contributed by atoms with van der Waals surface area (Å²) in [6.07, 6.45) is 3.00. The first-order valence-electron chi connectivity index (χ1n) is 7.83. The van der Waals surface area contributed by atoms with Gasteiger partial charge in [0.05, 0.1) is 18.8 Å². The molecule has 1 aromatic rings. The van der Waals surface area contributed by atoms with Crippen molar-refractivity contribution in [3.8, 4) is 0 Å². The van der Waals surface area contributed by atoms with Crippen molar-refractivity contribution in [2.75, 3.05) is 13.2 Å². The van der Waals surface area contributed by atoms with E-state index < -0.39 is 0 Å². The molecule has 0 fully saturated rings. The fourth-order valence-corrected chi connectivity index (χ4v) is 2.54. The SMILES string of the molecule is CCOC(=O)c1c(/C=C/C(=O)NC(C)CO)c(C)n(CC)c1C. The predicted molar refractivity (Wildman–Crippen MR) is 89.3 cm³/mol. The third-order valence-electron chi connectivity index (χ3n) is 3.69. The van der Waals surface area contributed by atoms with Gasteiger partial charge in [-0.05, 0) is 40.7 Å². The number of carbonyl (C=O) groups is 2. The second-order valence-corrected chi connectivity index (χ2v) is 5.35. The highest BCUT2D eigenvalue weighted by Gasteiger charge is 2.22. The van der Waals surface area contributed by atoms with Crippen LogP contribution < -0.4 is 5.32 Å². The summed E-state index contributed by atoms with van der Waals surface area (Å²) in [5, 5.41) is 11.6. The molecule has 1 aromatic heterocycles. The lowest BCUT2D eigenvalue weighted by atomic mass is 10.1. The molecule has 23 heavy (non-hydrogen) atoms. The molecule has 1 rings (SSSR count). The Morgan fingerprint density at radius 1 is 1.30 bits per heavy atom. The molecule has 0 aromatic carbocycles. The Kier molecular flexibility index (Phi) is 7.03. The Labute approximate surface area is 137 Å². The van der Waals surface area contributed by atoms with E-state index >= 15 is 0 Å². The molecular weight excluding hydrogens is 296 g/mol. The van der Waals surface area contributed by atoms with Crippen LogP contribution in [0.15, 0.2) is 6.08 Å². The summed E-state index contributed by atoms with van der Waals surface area (Å²) in [6.45, 7) is 10.1. The minimum Gasteiger partial charge on any atom is -0.462 e. The molecule has 0 bridgehead atoms. The van der Waals surface area contributed by atoms with Crippen LogP contribution >= 0.6 is 0 Å². The number of ether oxygens (including phenoxy) is 1. The standard InChI is InChI=1S/C17H26N2O4/c1-6-19-12(4)14(8-9-15(21)18-11(3)10-20)16(13(19)5)17(22)23-7-2/h8-9,11,20H,6-7,10H2,1-5H3,(H,18,21)/b9-8+. The zero-order valence-corrected chi connectivity index (χ0v) is 14.5. The minimum absolute atomic E-state index is 0.127. The van der Waals surface area contributed by atoms with Gasteiger partial charge in [-0.1, -0.05) is 0 Å². The van der Waals surface area contributed by atoms with Gasteiger partial charge < -0.3 is 19.7 Å². The Bertz CT molecular complexity index is 602. The molecule has 6 heteroatoms. The molecule has 128 valence electrons. The number of aliphatic hydroxyl groups is 1. The number of nitrogens with zero attached hydrogens (tertiary/aromatic N) is 1. The van der Waals surface area contributed by atoms with Crippen LogP contribution in [-0.4, -0.2) is 40.8 Å². The van der Waals surface area contributed by atoms with Gasteiger partial charge in [-0.15, -0.1) is 0 Å². The first-order chi connectivity index (χ1) is 10.9. The number of esters is 1. The van der Waals surface area contributed by atoms with E-state index in [2.05, 4.69) is 5.32 Å². The summed E-state index contributed by atoms with van der Waals surface area (Å²) in [5.41, 5.74) is 2.92. The zero-order valence-electron chi connectivity index (χ0n) is 14.5. The molecule has 1 atom stereocenters. The third kappa shape index (κ3) is 4.45. The fraction of sp³-hybridized carbons (Fsp3) is 0.529. The number of hydrogen-bond acceptors (Lipinski definition) is 4. The van der Waals surface area contributed by atoms with Crippen LogP contribution in [0.25, 0.3) is 6.08 Å². The Balaban J connectivity index is 3.18. The molecule has 1 amide bonds. The number of aliphatic hydroxyl groups excluding tert-OH is 1. The van der Waals surface area contributed by atoms with Crippen LogP contribution in [-0.2, 0) is 16.1 Å². The van der Waals surface area contributed by atoms with Crippen LogP contribution in [0.4, 0.5) is 0 Å². The van der Waals surface area contributed by atoms with Gasteiger partial charge in [-0.3, -0.25) is 4.79 Å². The van der Waals surface area contributed by atoms with Crippen molar-refractivity contribution in [2.45, 2.75) is 47.2 Å². The van der Waals surface area contributed by atoms with Crippen molar-refractivity contribution in [2.24, 2.45) is 0 Å². The van der Waals surface area contributed by atoms with E-state index in [9.17, 15) is 9.59 Å². The normalized spacial score (nSPS) is 12.4. The topological polar surface area (TPSA) is 80.6 Å². The Morgan fingerprint density at radius 2 is 1.96 bits per heavy atom. The first-order valence-corrected chi connectivity index (χ1v) is 7.83. The van der Waals surface area contributed by atoms with Crippen molar-refractivity contribution < 1.29 is 19.4 Å². The third-order valence-corrected chi connectivity index (χ3v) is 3.69. The molecule has 1 unspecified atom stereocenters. The summed E-state index contributed by atoms with van der Waals surface area (Å²) in [7, 11) is 0. The second-order valence-electron chi connectivity index (χ2n) is 5.35. The first kappa shape index (κ1) is 19.0. The van der Waals surface area contributed by atoms with E-state index in [-0.39, 0.29) is 24.5 Å². The quantitative estimate of drug-likeness (QED) is 0.593. The molecule has 0 aliphatic rings. The number of amides is 1. The van der Waals surface area contributed by atoms with Gasteiger partial charge in [0.25, 0.3) is 0 Å². The highest BCUT2D eigenvalue weighted by Crippen LogP contribution is 2.24. The Morgan fingerprint density at radius 3 is 2.48 bits per heavy atom. The van der Waals surface area contributed by atoms with Gasteiger partial charge in [0.1, 0.15) is 0 Å². The molecule has 0 aliphatic carbocycles. The fourth-order valence-electron chi connectivity index (χ4n) is 2.54. The molecule has 2 N–H and O–H groups in total. The number of carbonyl (C=O) groups excluding carboxylic acids is 2. The Hall–Kier alpha value is -2.08. The van der Waals surface area contributed by atoms with Crippen LogP contribution in [0.1, 0.15) is 48.1 Å². The van der Waals surface area contributed by atoms with Gasteiger partial charge in [0, 0.05) is 35.6 Å². The largest absolute Gasteiger partial charge is 0.462 e. The van der Waals surface area contributed by atoms with E-state index in [1.54, 1.807) is 19.9 Å². The zero-order chi connectivity index (χ0) is 17.6. The van der Waals surface area contributed by atoms with Crippen molar-refractivity contribution >= 4 is 18.0 Å². The van der Waals surface area contributed by atoms with Gasteiger partial charge in [-0.2, -0.15) is 0 Å². The van der Waals surface area contributed by atoms with Gasteiger partial charge in [0.15, 0.2) is 0 Å². The summed E-state index contributed by atoms with van der Waals surface area (Å²) < 4.78 is 7.15. The minimum atomic E-state index is -0.385. The summed E-state index contributed by atoms with van der Waals surface area (Å²) in [5.74, 6) is -0.702. The van der Waals surface area contributed by atoms with Crippen LogP contribution in [0.3, 0.4) is 0 Å². The highest BCUT2D eigenvalue weighted by molar-refractivity contribution is 5.98. The molecular formula is C17H26N2O4. The lowest BCUT2D eigenvalue weighted by Gasteiger charge is -2.08. The summed E-state index contributed by atoms with van der Waals surface area (Å²) >= 11 is 0. The van der Waals surface area contributed by atoms with Gasteiger partial charge in [0.2, 0.25) is 5.91 Å². The van der Waals surface area contributed by atoms with Crippen LogP contribution in [0.5, 0.6) is 0 Å². The number of aromatic nitrogens is 1. The van der Waals surface area contributed by atoms with E-state index in [1.165, 1.54) is 6.08 Å². The molecule has 0 saturated heterocycles. The van der Waals surface area contributed by atoms with E-state index in [0.717, 1.165) is 17.9 Å². The van der Waals surface area contributed by atoms with Gasteiger partial charge in [-0.25, -0.2) is 4.79 Å². The maximum atomic E-state index is 12.2. The van der Waals surface area contributed by atoms with Gasteiger partial charge >= 0.3 is 5.97 Å². The summed E-state index contributed by atoms with van der Waals surface area (Å²) in [6, 6.07) is -0.320. The smallest absolute Gasteiger partial charge is 0.340 e. The average molecular weight is 322 g/mol. The monoisotopic (exact) mass is 322 g/mol. The van der Waals surface area contributed by atoms with Crippen molar-refractivity contribution in [3.05, 3.63) is 28.6 Å². The van der Waals surface area contributed by atoms with Crippen molar-refractivity contribution in [1.82, 2.24) is 9.88 Å². The summed E-state index contributed by atoms with van der Waals surface area (Å²) in [4.78, 5) is 24.1. The van der Waals surface area contributed by atoms with Crippen molar-refractivity contribution in [1.29, 1.82) is 0 Å².